The number of nitrogens with two attached hydrogens (primary N) is 1. The Morgan fingerprint density at radius 3 is 2.16 bits per heavy atom. The van der Waals surface area contributed by atoms with Gasteiger partial charge in [0.1, 0.15) is 18.1 Å². The molecule has 1 fully saturated rings. The smallest absolute Gasteiger partial charge is 0.326 e. The second-order valence-corrected chi connectivity index (χ2v) is 7.45. The minimum Gasteiger partial charge on any atom is -0.481 e. The second-order valence-electron chi connectivity index (χ2n) is 7.45. The summed E-state index contributed by atoms with van der Waals surface area (Å²) < 4.78 is 0. The number of carboxylic acids is 3. The molecule has 1 saturated heterocycles. The minimum absolute atomic E-state index is 0.107. The van der Waals surface area contributed by atoms with Crippen LogP contribution in [0.2, 0.25) is 0 Å². The van der Waals surface area contributed by atoms with E-state index in [1.165, 1.54) is 0 Å². The Bertz CT molecular complexity index is 756. The molecule has 8 N–H and O–H groups in total. The summed E-state index contributed by atoms with van der Waals surface area (Å²) in [5.74, 6) is -6.74. The van der Waals surface area contributed by atoms with Crippen molar-refractivity contribution in [3.63, 3.8) is 0 Å². The summed E-state index contributed by atoms with van der Waals surface area (Å²) >= 11 is 0. The van der Waals surface area contributed by atoms with E-state index in [1.807, 2.05) is 0 Å². The van der Waals surface area contributed by atoms with Crippen molar-refractivity contribution in [3.05, 3.63) is 0 Å². The van der Waals surface area contributed by atoms with Crippen LogP contribution in [-0.4, -0.2) is 97.8 Å². The number of hydrogen-bond donors (Lipinski definition) is 7. The first-order valence-electron chi connectivity index (χ1n) is 9.86. The molecule has 14 heteroatoms. The van der Waals surface area contributed by atoms with Crippen LogP contribution in [0.4, 0.5) is 0 Å². The van der Waals surface area contributed by atoms with Crippen LogP contribution in [0.15, 0.2) is 0 Å². The van der Waals surface area contributed by atoms with Crippen LogP contribution in [-0.2, 0) is 28.8 Å². The van der Waals surface area contributed by atoms with Gasteiger partial charge in [-0.2, -0.15) is 0 Å². The lowest BCUT2D eigenvalue weighted by molar-refractivity contribution is -0.150. The molecule has 3 amide bonds. The van der Waals surface area contributed by atoms with E-state index in [1.54, 1.807) is 0 Å². The minimum atomic E-state index is -1.63. The van der Waals surface area contributed by atoms with Gasteiger partial charge in [-0.05, 0) is 26.2 Å². The van der Waals surface area contributed by atoms with Crippen molar-refractivity contribution in [1.82, 2.24) is 15.5 Å². The number of carbonyl (C=O) groups excluding carboxylic acids is 3. The summed E-state index contributed by atoms with van der Waals surface area (Å²) in [5.41, 5.74) is 5.44. The van der Waals surface area contributed by atoms with E-state index in [0.717, 1.165) is 11.8 Å². The first-order valence-corrected chi connectivity index (χ1v) is 9.86. The number of rotatable bonds is 12. The van der Waals surface area contributed by atoms with Gasteiger partial charge in [-0.15, -0.1) is 0 Å². The number of aliphatic hydroxyl groups is 1. The van der Waals surface area contributed by atoms with Crippen LogP contribution >= 0.6 is 0 Å². The SMILES string of the molecule is CC(O)C(NC(=O)C(N)CC(=O)O)C(=O)NC(CCC(=O)O)C(=O)N1CCCC1C(=O)O. The van der Waals surface area contributed by atoms with Gasteiger partial charge in [0.25, 0.3) is 0 Å². The van der Waals surface area contributed by atoms with Gasteiger partial charge >= 0.3 is 17.9 Å². The van der Waals surface area contributed by atoms with E-state index in [0.29, 0.717) is 6.42 Å². The van der Waals surface area contributed by atoms with E-state index in [2.05, 4.69) is 10.6 Å². The topological polar surface area (TPSA) is 237 Å². The summed E-state index contributed by atoms with van der Waals surface area (Å²) in [6, 6.07) is -5.68. The van der Waals surface area contributed by atoms with Gasteiger partial charge in [0, 0.05) is 13.0 Å². The lowest BCUT2D eigenvalue weighted by Gasteiger charge is -2.29. The van der Waals surface area contributed by atoms with E-state index < -0.39 is 78.7 Å². The van der Waals surface area contributed by atoms with Crippen molar-refractivity contribution < 1.29 is 49.2 Å². The first kappa shape index (κ1) is 26.8. The molecule has 5 atom stereocenters. The molecule has 0 aromatic rings. The number of amides is 3. The van der Waals surface area contributed by atoms with Crippen molar-refractivity contribution in [2.24, 2.45) is 5.73 Å². The second kappa shape index (κ2) is 12.0. The Kier molecular flexibility index (Phi) is 10.00. The summed E-state index contributed by atoms with van der Waals surface area (Å²) in [4.78, 5) is 71.7. The Balaban J connectivity index is 2.99. The first-order chi connectivity index (χ1) is 14.8. The maximum absolute atomic E-state index is 12.9. The zero-order valence-electron chi connectivity index (χ0n) is 17.4. The van der Waals surface area contributed by atoms with Crippen LogP contribution in [0.25, 0.3) is 0 Å². The number of nitrogens with one attached hydrogen (secondary N) is 2. The molecule has 0 aliphatic carbocycles. The van der Waals surface area contributed by atoms with Crippen molar-refractivity contribution in [3.8, 4) is 0 Å². The van der Waals surface area contributed by atoms with Crippen molar-refractivity contribution >= 4 is 35.6 Å². The highest BCUT2D eigenvalue weighted by Crippen LogP contribution is 2.19. The molecule has 0 bridgehead atoms. The fourth-order valence-corrected chi connectivity index (χ4v) is 3.22. The summed E-state index contributed by atoms with van der Waals surface area (Å²) in [6.45, 7) is 1.26. The molecule has 0 radical (unpaired) electrons. The Labute approximate surface area is 182 Å². The molecular weight excluding hydrogens is 432 g/mol. The molecule has 5 unspecified atom stereocenters. The fourth-order valence-electron chi connectivity index (χ4n) is 3.22. The third-order valence-corrected chi connectivity index (χ3v) is 4.88. The standard InChI is InChI=1S/C18H28N4O10/c1-8(23)14(21-15(28)9(19)7-13(26)27)16(29)20-10(4-5-12(24)25)17(30)22-6-2-3-11(22)18(31)32/h8-11,14,23H,2-7,19H2,1H3,(H,20,29)(H,21,28)(H,24,25)(H,26,27)(H,31,32). The number of aliphatic carboxylic acids is 3. The molecule has 0 saturated carbocycles. The molecule has 0 spiro atoms. The third kappa shape index (κ3) is 7.77. The van der Waals surface area contributed by atoms with Gasteiger partial charge in [-0.1, -0.05) is 0 Å². The maximum Gasteiger partial charge on any atom is 0.326 e. The quantitative estimate of drug-likeness (QED) is 0.156. The van der Waals surface area contributed by atoms with Crippen molar-refractivity contribution in [2.75, 3.05) is 6.54 Å². The molecule has 1 heterocycles. The highest BCUT2D eigenvalue weighted by atomic mass is 16.4. The lowest BCUT2D eigenvalue weighted by Crippen LogP contribution is -2.60. The van der Waals surface area contributed by atoms with Crippen LogP contribution in [0.3, 0.4) is 0 Å². The van der Waals surface area contributed by atoms with E-state index in [9.17, 15) is 39.0 Å². The molecule has 180 valence electrons. The van der Waals surface area contributed by atoms with E-state index in [-0.39, 0.29) is 19.4 Å². The van der Waals surface area contributed by atoms with Gasteiger partial charge in [-0.25, -0.2) is 4.79 Å². The highest BCUT2D eigenvalue weighted by Gasteiger charge is 2.39. The fraction of sp³-hybridized carbons (Fsp3) is 0.667. The molecule has 1 aliphatic rings. The van der Waals surface area contributed by atoms with Gasteiger partial charge in [-0.3, -0.25) is 24.0 Å². The van der Waals surface area contributed by atoms with Gasteiger partial charge in [0.2, 0.25) is 17.7 Å². The molecular formula is C18H28N4O10. The van der Waals surface area contributed by atoms with Crippen molar-refractivity contribution in [2.45, 2.75) is 69.3 Å². The van der Waals surface area contributed by atoms with Gasteiger partial charge in [0.05, 0.1) is 18.6 Å². The van der Waals surface area contributed by atoms with Crippen LogP contribution < -0.4 is 16.4 Å². The van der Waals surface area contributed by atoms with Gasteiger partial charge in [0.15, 0.2) is 0 Å². The number of hydrogen-bond acceptors (Lipinski definition) is 8. The largest absolute Gasteiger partial charge is 0.481 e. The summed E-state index contributed by atoms with van der Waals surface area (Å²) in [5, 5.41) is 41.2. The molecule has 1 aliphatic heterocycles. The molecule has 0 aromatic heterocycles. The number of likely N-dealkylation sites (tertiary alicyclic amines) is 1. The van der Waals surface area contributed by atoms with Gasteiger partial charge < -0.3 is 41.7 Å². The van der Waals surface area contributed by atoms with Crippen molar-refractivity contribution in [1.29, 1.82) is 0 Å². The van der Waals surface area contributed by atoms with Crippen LogP contribution in [0, 0.1) is 0 Å². The molecule has 1 rings (SSSR count). The number of aliphatic hydroxyl groups excluding tert-OH is 1. The lowest BCUT2D eigenvalue weighted by atomic mass is 10.1. The zero-order chi connectivity index (χ0) is 24.6. The Morgan fingerprint density at radius 2 is 1.66 bits per heavy atom. The predicted octanol–water partition coefficient (Wildman–Crippen LogP) is -2.92. The molecule has 14 nitrogen and oxygen atoms in total. The highest BCUT2D eigenvalue weighted by molar-refractivity contribution is 5.95. The predicted molar refractivity (Wildman–Crippen MR) is 105 cm³/mol. The monoisotopic (exact) mass is 460 g/mol. The Hall–Kier alpha value is -3.26. The maximum atomic E-state index is 12.9. The van der Waals surface area contributed by atoms with E-state index >= 15 is 0 Å². The summed E-state index contributed by atoms with van der Waals surface area (Å²) in [7, 11) is 0. The number of carboxylic acid groups (broad SMARTS) is 3. The molecule has 32 heavy (non-hydrogen) atoms. The van der Waals surface area contributed by atoms with Crippen LogP contribution in [0.5, 0.6) is 0 Å². The normalized spacial score (nSPS) is 19.3. The number of carbonyl (C=O) groups is 6. The molecule has 0 aromatic carbocycles. The summed E-state index contributed by atoms with van der Waals surface area (Å²) in [6.07, 6.45) is -2.47. The number of nitrogens with zero attached hydrogens (tertiary/aromatic N) is 1. The Morgan fingerprint density at radius 1 is 1.03 bits per heavy atom. The average Bonchev–Trinajstić information content (AvgIpc) is 3.17. The van der Waals surface area contributed by atoms with E-state index in [4.69, 9.17) is 15.9 Å². The van der Waals surface area contributed by atoms with Crippen LogP contribution in [0.1, 0.15) is 39.0 Å². The third-order valence-electron chi connectivity index (χ3n) is 4.88. The zero-order valence-corrected chi connectivity index (χ0v) is 17.4. The average molecular weight is 460 g/mol.